The lowest BCUT2D eigenvalue weighted by atomic mass is 10.2. The summed E-state index contributed by atoms with van der Waals surface area (Å²) < 4.78 is 17.9. The molecule has 0 aliphatic rings. The van der Waals surface area contributed by atoms with Gasteiger partial charge in [-0.3, -0.25) is 4.79 Å². The number of ether oxygens (including phenoxy) is 1. The van der Waals surface area contributed by atoms with Crippen LogP contribution in [0.5, 0.6) is 5.75 Å². The maximum Gasteiger partial charge on any atom is 0.265 e. The second-order valence-electron chi connectivity index (χ2n) is 3.54. The van der Waals surface area contributed by atoms with E-state index >= 15 is 0 Å². The Labute approximate surface area is 107 Å². The summed E-state index contributed by atoms with van der Waals surface area (Å²) in [4.78, 5) is 12.4. The van der Waals surface area contributed by atoms with Crippen LogP contribution in [0.25, 0.3) is 0 Å². The molecule has 2 rings (SSSR count). The maximum absolute atomic E-state index is 13.0. The lowest BCUT2D eigenvalue weighted by Gasteiger charge is -2.04. The van der Waals surface area contributed by atoms with Gasteiger partial charge in [-0.25, -0.2) is 4.39 Å². The molecule has 1 amide bonds. The fraction of sp³-hybridized carbons (Fsp3) is 0.0833. The highest BCUT2D eigenvalue weighted by Gasteiger charge is 2.10. The van der Waals surface area contributed by atoms with E-state index in [1.165, 1.54) is 36.6 Å². The van der Waals surface area contributed by atoms with E-state index in [1.807, 2.05) is 0 Å². The number of hydrogen-bond donors (Lipinski definition) is 2. The van der Waals surface area contributed by atoms with Crippen LogP contribution in [0, 0.1) is 5.82 Å². The molecule has 0 fully saturated rings. The van der Waals surface area contributed by atoms with Crippen LogP contribution < -0.4 is 15.8 Å². The zero-order valence-corrected chi connectivity index (χ0v) is 10.4. The first-order valence-corrected chi connectivity index (χ1v) is 5.97. The molecule has 18 heavy (non-hydrogen) atoms. The second-order valence-corrected chi connectivity index (χ2v) is 4.45. The van der Waals surface area contributed by atoms with Crippen molar-refractivity contribution in [3.8, 4) is 5.75 Å². The summed E-state index contributed by atoms with van der Waals surface area (Å²) in [6.45, 7) is 0. The number of thiophene rings is 1. The van der Waals surface area contributed by atoms with Crippen LogP contribution in [0.2, 0.25) is 0 Å². The first-order chi connectivity index (χ1) is 8.60. The molecule has 6 heteroatoms. The van der Waals surface area contributed by atoms with Crippen molar-refractivity contribution >= 4 is 28.6 Å². The quantitative estimate of drug-likeness (QED) is 0.839. The SMILES string of the molecule is COc1csc(C(=O)Nc2ccc(F)c(N)c2)c1. The van der Waals surface area contributed by atoms with Gasteiger partial charge in [0.2, 0.25) is 0 Å². The van der Waals surface area contributed by atoms with Crippen molar-refractivity contribution in [1.82, 2.24) is 0 Å². The summed E-state index contributed by atoms with van der Waals surface area (Å²) in [5.41, 5.74) is 5.86. The summed E-state index contributed by atoms with van der Waals surface area (Å²) in [7, 11) is 1.53. The van der Waals surface area contributed by atoms with E-state index < -0.39 is 5.82 Å². The molecule has 0 bridgehead atoms. The van der Waals surface area contributed by atoms with E-state index in [0.717, 1.165) is 0 Å². The van der Waals surface area contributed by atoms with E-state index in [2.05, 4.69) is 5.32 Å². The number of carbonyl (C=O) groups is 1. The molecule has 1 aromatic carbocycles. The Morgan fingerprint density at radius 1 is 1.44 bits per heavy atom. The minimum atomic E-state index is -0.509. The minimum Gasteiger partial charge on any atom is -0.496 e. The molecule has 1 heterocycles. The van der Waals surface area contributed by atoms with Crippen molar-refractivity contribution in [2.45, 2.75) is 0 Å². The molecule has 0 radical (unpaired) electrons. The Morgan fingerprint density at radius 2 is 2.22 bits per heavy atom. The zero-order valence-electron chi connectivity index (χ0n) is 9.57. The number of nitrogen functional groups attached to an aromatic ring is 1. The van der Waals surface area contributed by atoms with Gasteiger partial charge in [0, 0.05) is 17.1 Å². The van der Waals surface area contributed by atoms with Gasteiger partial charge in [0.25, 0.3) is 5.91 Å². The molecule has 94 valence electrons. The van der Waals surface area contributed by atoms with Crippen LogP contribution >= 0.6 is 11.3 Å². The summed E-state index contributed by atoms with van der Waals surface area (Å²) in [6, 6.07) is 5.67. The molecule has 4 nitrogen and oxygen atoms in total. The Morgan fingerprint density at radius 3 is 2.83 bits per heavy atom. The van der Waals surface area contributed by atoms with Crippen molar-refractivity contribution in [2.24, 2.45) is 0 Å². The molecule has 0 spiro atoms. The Balaban J connectivity index is 2.13. The van der Waals surface area contributed by atoms with Gasteiger partial charge in [0.15, 0.2) is 0 Å². The van der Waals surface area contributed by atoms with Gasteiger partial charge in [-0.05, 0) is 18.2 Å². The largest absolute Gasteiger partial charge is 0.496 e. The monoisotopic (exact) mass is 266 g/mol. The number of halogens is 1. The van der Waals surface area contributed by atoms with Crippen LogP contribution in [0.1, 0.15) is 9.67 Å². The number of anilines is 2. The number of nitrogens with one attached hydrogen (secondary N) is 1. The number of carbonyl (C=O) groups excluding carboxylic acids is 1. The lowest BCUT2D eigenvalue weighted by molar-refractivity contribution is 0.103. The first kappa shape index (κ1) is 12.4. The summed E-state index contributed by atoms with van der Waals surface area (Å²) in [5, 5.41) is 4.36. The molecule has 0 unspecified atom stereocenters. The average Bonchev–Trinajstić information content (AvgIpc) is 2.82. The number of rotatable bonds is 3. The molecule has 0 aliphatic heterocycles. The summed E-state index contributed by atoms with van der Waals surface area (Å²) in [5.74, 6) is -0.163. The normalized spacial score (nSPS) is 10.1. The van der Waals surface area contributed by atoms with E-state index in [0.29, 0.717) is 16.3 Å². The average molecular weight is 266 g/mol. The Bertz CT molecular complexity index is 583. The molecule has 2 aromatic rings. The number of nitrogens with two attached hydrogens (primary N) is 1. The van der Waals surface area contributed by atoms with Gasteiger partial charge >= 0.3 is 0 Å². The Kier molecular flexibility index (Phi) is 3.47. The number of benzene rings is 1. The standard InChI is InChI=1S/C12H11FN2O2S/c1-17-8-5-11(18-6-8)12(16)15-7-2-3-9(13)10(14)4-7/h2-6H,14H2,1H3,(H,15,16). The highest BCUT2D eigenvalue weighted by atomic mass is 32.1. The van der Waals surface area contributed by atoms with Crippen molar-refractivity contribution in [2.75, 3.05) is 18.2 Å². The molecule has 0 saturated carbocycles. The van der Waals surface area contributed by atoms with Crippen molar-refractivity contribution in [1.29, 1.82) is 0 Å². The smallest absolute Gasteiger partial charge is 0.265 e. The van der Waals surface area contributed by atoms with E-state index in [1.54, 1.807) is 11.4 Å². The number of hydrogen-bond acceptors (Lipinski definition) is 4. The van der Waals surface area contributed by atoms with Gasteiger partial charge in [0.05, 0.1) is 17.7 Å². The second kappa shape index (κ2) is 5.05. The number of amides is 1. The molecule has 0 atom stereocenters. The fourth-order valence-corrected chi connectivity index (χ4v) is 2.11. The lowest BCUT2D eigenvalue weighted by Crippen LogP contribution is -2.10. The minimum absolute atomic E-state index is 0.00319. The molecular formula is C12H11FN2O2S. The maximum atomic E-state index is 13.0. The fourth-order valence-electron chi connectivity index (χ4n) is 1.36. The van der Waals surface area contributed by atoms with Crippen molar-refractivity contribution < 1.29 is 13.9 Å². The highest BCUT2D eigenvalue weighted by Crippen LogP contribution is 2.23. The van der Waals surface area contributed by atoms with E-state index in [9.17, 15) is 9.18 Å². The van der Waals surface area contributed by atoms with E-state index in [4.69, 9.17) is 10.5 Å². The molecule has 1 aromatic heterocycles. The third-order valence-corrected chi connectivity index (χ3v) is 3.20. The third kappa shape index (κ3) is 2.60. The predicted molar refractivity (Wildman–Crippen MR) is 69.6 cm³/mol. The summed E-state index contributed by atoms with van der Waals surface area (Å²) in [6.07, 6.45) is 0. The van der Waals surface area contributed by atoms with Crippen molar-refractivity contribution in [3.05, 3.63) is 40.3 Å². The first-order valence-electron chi connectivity index (χ1n) is 5.09. The topological polar surface area (TPSA) is 64.3 Å². The molecule has 0 aliphatic carbocycles. The highest BCUT2D eigenvalue weighted by molar-refractivity contribution is 7.12. The molecular weight excluding hydrogens is 255 g/mol. The van der Waals surface area contributed by atoms with Crippen LogP contribution in [-0.4, -0.2) is 13.0 Å². The van der Waals surface area contributed by atoms with Crippen LogP contribution in [0.15, 0.2) is 29.6 Å². The van der Waals surface area contributed by atoms with Gasteiger partial charge in [-0.1, -0.05) is 0 Å². The Hall–Kier alpha value is -2.08. The predicted octanol–water partition coefficient (Wildman–Crippen LogP) is 2.73. The van der Waals surface area contributed by atoms with Gasteiger partial charge in [-0.2, -0.15) is 0 Å². The van der Waals surface area contributed by atoms with Crippen LogP contribution in [-0.2, 0) is 0 Å². The number of methoxy groups -OCH3 is 1. The van der Waals surface area contributed by atoms with Crippen molar-refractivity contribution in [3.63, 3.8) is 0 Å². The van der Waals surface area contributed by atoms with Crippen LogP contribution in [0.3, 0.4) is 0 Å². The van der Waals surface area contributed by atoms with E-state index in [-0.39, 0.29) is 11.6 Å². The molecule has 0 saturated heterocycles. The summed E-state index contributed by atoms with van der Waals surface area (Å²) >= 11 is 1.27. The molecule has 3 N–H and O–H groups in total. The van der Waals surface area contributed by atoms with Gasteiger partial charge < -0.3 is 15.8 Å². The third-order valence-electron chi connectivity index (χ3n) is 2.29. The van der Waals surface area contributed by atoms with Gasteiger partial charge in [-0.15, -0.1) is 11.3 Å². The van der Waals surface area contributed by atoms with Gasteiger partial charge in [0.1, 0.15) is 11.6 Å². The van der Waals surface area contributed by atoms with Crippen LogP contribution in [0.4, 0.5) is 15.8 Å². The zero-order chi connectivity index (χ0) is 13.1.